The van der Waals surface area contributed by atoms with E-state index < -0.39 is 35.0 Å². The molecule has 5 rings (SSSR count). The number of para-hydroxylation sites is 1. The van der Waals surface area contributed by atoms with Crippen LogP contribution >= 0.6 is 0 Å². The van der Waals surface area contributed by atoms with E-state index >= 15 is 0 Å². The van der Waals surface area contributed by atoms with Crippen molar-refractivity contribution in [2.24, 2.45) is 11.8 Å². The predicted molar refractivity (Wildman–Crippen MR) is 141 cm³/mol. The largest absolute Gasteiger partial charge is 0.465 e. The second-order valence-electron chi connectivity index (χ2n) is 10.6. The molecule has 2 amide bonds. The fraction of sp³-hybridized carbons (Fsp3) is 0.536. The highest BCUT2D eigenvalue weighted by molar-refractivity contribution is 5.98. The molecule has 1 aromatic heterocycles. The molecule has 3 saturated heterocycles. The molecule has 11 nitrogen and oxygen atoms in total. The number of amides is 2. The highest BCUT2D eigenvalue weighted by atomic mass is 16.6. The Morgan fingerprint density at radius 3 is 2.82 bits per heavy atom. The number of benzene rings is 1. The summed E-state index contributed by atoms with van der Waals surface area (Å²) in [5.74, 6) is -2.82. The summed E-state index contributed by atoms with van der Waals surface area (Å²) in [6.45, 7) is 9.79. The van der Waals surface area contributed by atoms with Gasteiger partial charge in [0.05, 0.1) is 23.6 Å². The number of hydrogen-bond donors (Lipinski definition) is 1. The Hall–Kier alpha value is -3.57. The van der Waals surface area contributed by atoms with E-state index in [0.717, 1.165) is 5.52 Å². The van der Waals surface area contributed by atoms with Crippen LogP contribution in [0.4, 0.5) is 0 Å². The van der Waals surface area contributed by atoms with Crippen LogP contribution < -0.4 is 0 Å². The number of likely N-dealkylation sites (tertiary alicyclic amines) is 1. The van der Waals surface area contributed by atoms with E-state index in [-0.39, 0.29) is 44.8 Å². The maximum Gasteiger partial charge on any atom is 0.312 e. The Morgan fingerprint density at radius 2 is 2.08 bits per heavy atom. The highest BCUT2D eigenvalue weighted by Crippen LogP contribution is 2.63. The summed E-state index contributed by atoms with van der Waals surface area (Å²) in [7, 11) is 0. The van der Waals surface area contributed by atoms with Crippen molar-refractivity contribution in [1.29, 1.82) is 0 Å². The molecule has 1 N–H and O–H groups in total. The van der Waals surface area contributed by atoms with Crippen molar-refractivity contribution in [1.82, 2.24) is 24.8 Å². The number of ether oxygens (including phenoxy) is 2. The third-order valence-electron chi connectivity index (χ3n) is 8.27. The summed E-state index contributed by atoms with van der Waals surface area (Å²) in [6.07, 6.45) is 5.04. The van der Waals surface area contributed by atoms with E-state index in [2.05, 4.69) is 23.5 Å². The van der Waals surface area contributed by atoms with Gasteiger partial charge in [-0.15, -0.1) is 18.3 Å². The number of aromatic nitrogens is 3. The first kappa shape index (κ1) is 27.0. The first-order valence-electron chi connectivity index (χ1n) is 13.4. The molecule has 2 bridgehead atoms. The van der Waals surface area contributed by atoms with Gasteiger partial charge in [0.25, 0.3) is 0 Å². The molecule has 39 heavy (non-hydrogen) atoms. The first-order chi connectivity index (χ1) is 18.8. The summed E-state index contributed by atoms with van der Waals surface area (Å²) in [5.41, 5.74) is -0.627. The van der Waals surface area contributed by atoms with Gasteiger partial charge in [0.2, 0.25) is 11.8 Å². The Balaban J connectivity index is 1.50. The van der Waals surface area contributed by atoms with Gasteiger partial charge < -0.3 is 24.4 Å². The lowest BCUT2D eigenvalue weighted by Crippen LogP contribution is -2.56. The minimum Gasteiger partial charge on any atom is -0.465 e. The number of nitrogens with zero attached hydrogens (tertiary/aromatic N) is 5. The summed E-state index contributed by atoms with van der Waals surface area (Å²) in [4.78, 5) is 44.7. The molecule has 208 valence electrons. The number of aliphatic hydroxyl groups excluding tert-OH is 1. The topological polar surface area (TPSA) is 127 Å². The summed E-state index contributed by atoms with van der Waals surface area (Å²) < 4.78 is 13.8. The van der Waals surface area contributed by atoms with Gasteiger partial charge in [-0.2, -0.15) is 0 Å². The maximum absolute atomic E-state index is 14.4. The molecule has 3 fully saturated rings. The van der Waals surface area contributed by atoms with Crippen LogP contribution in [0.2, 0.25) is 0 Å². The fourth-order valence-electron chi connectivity index (χ4n) is 6.61. The summed E-state index contributed by atoms with van der Waals surface area (Å²) in [6, 6.07) is 6.48. The molecule has 3 aliphatic rings. The van der Waals surface area contributed by atoms with E-state index in [0.29, 0.717) is 31.2 Å². The van der Waals surface area contributed by atoms with Crippen molar-refractivity contribution >= 4 is 28.8 Å². The van der Waals surface area contributed by atoms with Crippen LogP contribution in [0.1, 0.15) is 32.6 Å². The molecule has 1 aromatic carbocycles. The van der Waals surface area contributed by atoms with Crippen molar-refractivity contribution in [3.8, 4) is 0 Å². The number of rotatable bonds is 12. The zero-order valence-electron chi connectivity index (χ0n) is 22.2. The second kappa shape index (κ2) is 10.5. The van der Waals surface area contributed by atoms with Gasteiger partial charge in [-0.05, 0) is 44.7 Å². The molecule has 5 atom stereocenters. The van der Waals surface area contributed by atoms with Gasteiger partial charge in [0.15, 0.2) is 0 Å². The molecule has 4 heterocycles. The van der Waals surface area contributed by atoms with Crippen molar-refractivity contribution in [2.45, 2.75) is 56.5 Å². The summed E-state index contributed by atoms with van der Waals surface area (Å²) >= 11 is 0. The van der Waals surface area contributed by atoms with Gasteiger partial charge in [0.1, 0.15) is 29.7 Å². The van der Waals surface area contributed by atoms with Crippen molar-refractivity contribution in [2.75, 3.05) is 26.3 Å². The second-order valence-corrected chi connectivity index (χ2v) is 10.6. The molecular weight excluding hydrogens is 502 g/mol. The molecule has 0 saturated carbocycles. The zero-order chi connectivity index (χ0) is 27.8. The third kappa shape index (κ3) is 4.33. The van der Waals surface area contributed by atoms with Crippen LogP contribution in [0.15, 0.2) is 49.6 Å². The third-order valence-corrected chi connectivity index (χ3v) is 8.27. The van der Waals surface area contributed by atoms with Crippen LogP contribution in [0.5, 0.6) is 0 Å². The number of fused-ring (bicyclic) bond motifs is 2. The first-order valence-corrected chi connectivity index (χ1v) is 13.4. The molecule has 0 aliphatic carbocycles. The molecule has 0 radical (unpaired) electrons. The fourth-order valence-corrected chi connectivity index (χ4v) is 6.61. The smallest absolute Gasteiger partial charge is 0.312 e. The Labute approximate surface area is 227 Å². The number of carbonyl (C=O) groups excluding carboxylic acids is 3. The Morgan fingerprint density at radius 1 is 1.28 bits per heavy atom. The van der Waals surface area contributed by atoms with Gasteiger partial charge in [-0.3, -0.25) is 14.4 Å². The SMILES string of the molecule is C=CCCOC(=O)[C@@H]1[C@H]2C(=O)N(CCCO)C(C(=O)N(CC=C)Cn3nnc4ccccc43)C23CC[C@@]1(C)O3. The lowest BCUT2D eigenvalue weighted by atomic mass is 9.66. The standard InChI is InChI=1S/C28H35N5O6/c1-4-6-17-38-26(37)22-21-24(35)32(15-9-16-34)23(28(21)13-12-27(22,3)39-28)25(36)31(14-5-2)18-33-20-11-8-7-10-19(20)29-30-33/h4-5,7-8,10-11,21-23,34H,1-2,6,9,12-18H2,3H3/t21-,22-,23?,27+,28?/m0/s1. The zero-order valence-corrected chi connectivity index (χ0v) is 22.2. The normalized spacial score (nSPS) is 29.0. The molecule has 3 aliphatic heterocycles. The number of hydrogen-bond acceptors (Lipinski definition) is 8. The van der Waals surface area contributed by atoms with Gasteiger partial charge in [-0.25, -0.2) is 4.68 Å². The van der Waals surface area contributed by atoms with Crippen molar-refractivity contribution in [3.05, 3.63) is 49.6 Å². The minimum atomic E-state index is -1.18. The van der Waals surface area contributed by atoms with Crippen LogP contribution in [0.3, 0.4) is 0 Å². The van der Waals surface area contributed by atoms with E-state index in [4.69, 9.17) is 9.47 Å². The summed E-state index contributed by atoms with van der Waals surface area (Å²) in [5, 5.41) is 18.0. The molecular formula is C28H35N5O6. The van der Waals surface area contributed by atoms with Crippen LogP contribution in [0, 0.1) is 11.8 Å². The number of carbonyl (C=O) groups is 3. The van der Waals surface area contributed by atoms with Crippen molar-refractivity contribution < 1.29 is 29.0 Å². The average molecular weight is 538 g/mol. The predicted octanol–water partition coefficient (Wildman–Crippen LogP) is 1.67. The lowest BCUT2D eigenvalue weighted by molar-refractivity contribution is -0.160. The van der Waals surface area contributed by atoms with E-state index in [1.54, 1.807) is 21.7 Å². The van der Waals surface area contributed by atoms with Crippen LogP contribution in [-0.4, -0.2) is 91.2 Å². The molecule has 11 heteroatoms. The van der Waals surface area contributed by atoms with Gasteiger partial charge in [-0.1, -0.05) is 29.5 Å². The molecule has 1 spiro atoms. The lowest BCUT2D eigenvalue weighted by Gasteiger charge is -2.36. The van der Waals surface area contributed by atoms with E-state index in [1.807, 2.05) is 31.2 Å². The molecule has 2 aromatic rings. The van der Waals surface area contributed by atoms with Crippen molar-refractivity contribution in [3.63, 3.8) is 0 Å². The van der Waals surface area contributed by atoms with Gasteiger partial charge >= 0.3 is 5.97 Å². The monoisotopic (exact) mass is 537 g/mol. The highest BCUT2D eigenvalue weighted by Gasteiger charge is 2.78. The van der Waals surface area contributed by atoms with Crippen LogP contribution in [0.25, 0.3) is 11.0 Å². The number of esters is 1. The molecule has 2 unspecified atom stereocenters. The van der Waals surface area contributed by atoms with E-state index in [1.165, 1.54) is 4.90 Å². The number of aliphatic hydroxyl groups is 1. The Kier molecular flexibility index (Phi) is 7.30. The Bertz CT molecular complexity index is 1290. The maximum atomic E-state index is 14.4. The van der Waals surface area contributed by atoms with Gasteiger partial charge in [0, 0.05) is 19.7 Å². The average Bonchev–Trinajstić information content (AvgIpc) is 3.62. The van der Waals surface area contributed by atoms with Crippen LogP contribution in [-0.2, 0) is 30.5 Å². The minimum absolute atomic E-state index is 0.0922. The van der Waals surface area contributed by atoms with E-state index in [9.17, 15) is 19.5 Å². The quantitative estimate of drug-likeness (QED) is 0.246.